The largest absolute Gasteiger partial charge is 0.393 e. The summed E-state index contributed by atoms with van der Waals surface area (Å²) in [4.78, 5) is 0. The summed E-state index contributed by atoms with van der Waals surface area (Å²) in [5.41, 5.74) is -0.210. The van der Waals surface area contributed by atoms with Crippen molar-refractivity contribution in [2.75, 3.05) is 20.0 Å². The Kier molecular flexibility index (Phi) is 3.09. The van der Waals surface area contributed by atoms with Gasteiger partial charge in [0.2, 0.25) is 0 Å². The Labute approximate surface area is 73.7 Å². The lowest BCUT2D eigenvalue weighted by atomic mass is 9.74. The van der Waals surface area contributed by atoms with Gasteiger partial charge in [0.15, 0.2) is 0 Å². The molecule has 1 atom stereocenters. The van der Waals surface area contributed by atoms with Gasteiger partial charge in [0, 0.05) is 5.41 Å². The minimum atomic E-state index is -0.377. The van der Waals surface area contributed by atoms with Crippen LogP contribution in [0.3, 0.4) is 0 Å². The van der Waals surface area contributed by atoms with Gasteiger partial charge in [-0.25, -0.2) is 0 Å². The van der Waals surface area contributed by atoms with Crippen LogP contribution in [0.4, 0.5) is 0 Å². The van der Waals surface area contributed by atoms with Gasteiger partial charge in [0.05, 0.1) is 19.3 Å². The van der Waals surface area contributed by atoms with E-state index in [2.05, 4.69) is 13.8 Å². The highest BCUT2D eigenvalue weighted by Gasteiger charge is 2.41. The molecule has 12 heavy (non-hydrogen) atoms. The topological polar surface area (TPSA) is 38.7 Å². The van der Waals surface area contributed by atoms with Crippen molar-refractivity contribution in [1.29, 1.82) is 0 Å². The van der Waals surface area contributed by atoms with Crippen LogP contribution in [0.1, 0.15) is 20.8 Å². The predicted molar refractivity (Wildman–Crippen MR) is 45.7 cm³/mol. The first-order chi connectivity index (χ1) is 5.59. The van der Waals surface area contributed by atoms with Crippen molar-refractivity contribution >= 4 is 0 Å². The van der Waals surface area contributed by atoms with Crippen molar-refractivity contribution in [3.05, 3.63) is 0 Å². The van der Waals surface area contributed by atoms with E-state index in [-0.39, 0.29) is 11.5 Å². The molecule has 1 heterocycles. The Morgan fingerprint density at radius 3 is 1.92 bits per heavy atom. The molecule has 0 amide bonds. The summed E-state index contributed by atoms with van der Waals surface area (Å²) in [6, 6.07) is 0. The number of hydrogen-bond acceptors (Lipinski definition) is 3. The monoisotopic (exact) mass is 174 g/mol. The first kappa shape index (κ1) is 9.96. The maximum Gasteiger partial charge on any atom is 0.146 e. The number of ether oxygens (including phenoxy) is 2. The summed E-state index contributed by atoms with van der Waals surface area (Å²) in [7, 11) is 0. The first-order valence-electron chi connectivity index (χ1n) is 4.43. The van der Waals surface area contributed by atoms with Crippen LogP contribution in [-0.2, 0) is 9.47 Å². The van der Waals surface area contributed by atoms with Crippen molar-refractivity contribution in [1.82, 2.24) is 0 Å². The summed E-state index contributed by atoms with van der Waals surface area (Å²) < 4.78 is 10.5. The second-order valence-corrected chi connectivity index (χ2v) is 3.88. The van der Waals surface area contributed by atoms with Gasteiger partial charge in [-0.15, -0.1) is 0 Å². The second-order valence-electron chi connectivity index (χ2n) is 3.88. The van der Waals surface area contributed by atoms with Gasteiger partial charge >= 0.3 is 0 Å². The summed E-state index contributed by atoms with van der Waals surface area (Å²) in [6.45, 7) is 7.54. The Balaban J connectivity index is 2.70. The Morgan fingerprint density at radius 1 is 1.17 bits per heavy atom. The van der Waals surface area contributed by atoms with Gasteiger partial charge in [-0.2, -0.15) is 0 Å². The van der Waals surface area contributed by atoms with E-state index < -0.39 is 0 Å². The molecular weight excluding hydrogens is 156 g/mol. The van der Waals surface area contributed by atoms with Crippen LogP contribution in [0.5, 0.6) is 0 Å². The standard InChI is InChI=1S/C9H18O3/c1-7(2)9(8(3)10)4-11-6-12-5-9/h7-8,10H,4-6H2,1-3H3. The quantitative estimate of drug-likeness (QED) is 0.679. The van der Waals surface area contributed by atoms with Crippen LogP contribution >= 0.6 is 0 Å². The van der Waals surface area contributed by atoms with Crippen LogP contribution in [0, 0.1) is 11.3 Å². The zero-order chi connectivity index (χ0) is 9.19. The number of rotatable bonds is 2. The molecule has 3 nitrogen and oxygen atoms in total. The van der Waals surface area contributed by atoms with Gasteiger partial charge in [0.25, 0.3) is 0 Å². The maximum absolute atomic E-state index is 9.64. The van der Waals surface area contributed by atoms with E-state index in [1.54, 1.807) is 6.92 Å². The van der Waals surface area contributed by atoms with Gasteiger partial charge in [-0.1, -0.05) is 13.8 Å². The summed E-state index contributed by atoms with van der Waals surface area (Å²) in [5.74, 6) is 0.373. The number of hydrogen-bond donors (Lipinski definition) is 1. The Hall–Kier alpha value is -0.120. The number of aliphatic hydroxyl groups is 1. The SMILES string of the molecule is CC(C)C1(C(C)O)COCOC1. The second kappa shape index (κ2) is 3.73. The fourth-order valence-electron chi connectivity index (χ4n) is 1.62. The molecule has 0 spiro atoms. The van der Waals surface area contributed by atoms with E-state index in [9.17, 15) is 5.11 Å². The van der Waals surface area contributed by atoms with Crippen molar-refractivity contribution < 1.29 is 14.6 Å². The third-order valence-corrected chi connectivity index (χ3v) is 2.89. The van der Waals surface area contributed by atoms with E-state index in [4.69, 9.17) is 9.47 Å². The maximum atomic E-state index is 9.64. The predicted octanol–water partition coefficient (Wildman–Crippen LogP) is 1.01. The summed E-state index contributed by atoms with van der Waals surface area (Å²) >= 11 is 0. The lowest BCUT2D eigenvalue weighted by Gasteiger charge is -2.42. The molecule has 0 radical (unpaired) electrons. The molecule has 1 rings (SSSR count). The van der Waals surface area contributed by atoms with Crippen molar-refractivity contribution in [3.63, 3.8) is 0 Å². The minimum absolute atomic E-state index is 0.210. The molecule has 1 saturated heterocycles. The molecule has 0 aromatic rings. The van der Waals surface area contributed by atoms with Gasteiger partial charge in [0.1, 0.15) is 6.79 Å². The lowest BCUT2D eigenvalue weighted by molar-refractivity contribution is -0.207. The van der Waals surface area contributed by atoms with E-state index in [0.29, 0.717) is 25.9 Å². The molecule has 0 aliphatic carbocycles. The van der Waals surface area contributed by atoms with Crippen LogP contribution < -0.4 is 0 Å². The molecule has 1 fully saturated rings. The third-order valence-electron chi connectivity index (χ3n) is 2.89. The zero-order valence-electron chi connectivity index (χ0n) is 8.04. The molecular formula is C9H18O3. The summed E-state index contributed by atoms with van der Waals surface area (Å²) in [6.07, 6.45) is -0.377. The third kappa shape index (κ3) is 1.63. The normalized spacial score (nSPS) is 25.8. The fourth-order valence-corrected chi connectivity index (χ4v) is 1.62. The first-order valence-corrected chi connectivity index (χ1v) is 4.43. The highest BCUT2D eigenvalue weighted by atomic mass is 16.7. The molecule has 72 valence electrons. The zero-order valence-corrected chi connectivity index (χ0v) is 8.04. The smallest absolute Gasteiger partial charge is 0.146 e. The molecule has 1 aliphatic heterocycles. The highest BCUT2D eigenvalue weighted by Crippen LogP contribution is 2.34. The van der Waals surface area contributed by atoms with Crippen LogP contribution in [0.25, 0.3) is 0 Å². The minimum Gasteiger partial charge on any atom is -0.393 e. The van der Waals surface area contributed by atoms with Gasteiger partial charge in [-0.05, 0) is 12.8 Å². The van der Waals surface area contributed by atoms with Gasteiger partial charge in [-0.3, -0.25) is 0 Å². The molecule has 1 N–H and O–H groups in total. The van der Waals surface area contributed by atoms with Crippen LogP contribution in [0.15, 0.2) is 0 Å². The molecule has 0 aromatic heterocycles. The number of aliphatic hydroxyl groups excluding tert-OH is 1. The lowest BCUT2D eigenvalue weighted by Crippen LogP contribution is -2.49. The fraction of sp³-hybridized carbons (Fsp3) is 1.00. The molecule has 1 unspecified atom stereocenters. The van der Waals surface area contributed by atoms with Crippen LogP contribution in [-0.4, -0.2) is 31.2 Å². The Morgan fingerprint density at radius 2 is 1.67 bits per heavy atom. The van der Waals surface area contributed by atoms with Crippen molar-refractivity contribution in [2.24, 2.45) is 11.3 Å². The van der Waals surface area contributed by atoms with E-state index in [0.717, 1.165) is 0 Å². The molecule has 0 saturated carbocycles. The van der Waals surface area contributed by atoms with Crippen molar-refractivity contribution in [2.45, 2.75) is 26.9 Å². The van der Waals surface area contributed by atoms with Crippen LogP contribution in [0.2, 0.25) is 0 Å². The molecule has 0 bridgehead atoms. The summed E-state index contributed by atoms with van der Waals surface area (Å²) in [5, 5.41) is 9.64. The van der Waals surface area contributed by atoms with Gasteiger partial charge < -0.3 is 14.6 Å². The van der Waals surface area contributed by atoms with E-state index in [1.807, 2.05) is 0 Å². The Bertz CT molecular complexity index is 127. The average Bonchev–Trinajstić information content (AvgIpc) is 2.05. The highest BCUT2D eigenvalue weighted by molar-refractivity contribution is 4.88. The molecule has 1 aliphatic rings. The van der Waals surface area contributed by atoms with Crippen molar-refractivity contribution in [3.8, 4) is 0 Å². The molecule has 0 aromatic carbocycles. The molecule has 3 heteroatoms. The average molecular weight is 174 g/mol. The van der Waals surface area contributed by atoms with E-state index in [1.165, 1.54) is 0 Å². The van der Waals surface area contributed by atoms with E-state index >= 15 is 0 Å².